The Morgan fingerprint density at radius 2 is 1.57 bits per heavy atom. The average Bonchev–Trinajstić information content (AvgIpc) is 3.39. The van der Waals surface area contributed by atoms with E-state index in [1.54, 1.807) is 0 Å². The number of carbonyl (C=O) groups is 1. The molecule has 6 nitrogen and oxygen atoms in total. The molecule has 0 saturated carbocycles. The lowest BCUT2D eigenvalue weighted by molar-refractivity contribution is -0.269. The quantitative estimate of drug-likeness (QED) is 0.461. The molecule has 0 amide bonds. The summed E-state index contributed by atoms with van der Waals surface area (Å²) in [5.74, 6) is -1.40. The number of carboxylic acids is 1. The number of nitrogens with zero attached hydrogens (tertiary/aromatic N) is 2. The molecule has 2 N–H and O–H groups in total. The number of carboxylic acid groups (broad SMARTS) is 1. The van der Waals surface area contributed by atoms with Crippen molar-refractivity contribution in [3.63, 3.8) is 0 Å². The van der Waals surface area contributed by atoms with Crippen molar-refractivity contribution in [2.24, 2.45) is 0 Å². The first-order chi connectivity index (χ1) is 16.0. The topological polar surface area (TPSA) is 75.9 Å². The van der Waals surface area contributed by atoms with Crippen molar-refractivity contribution in [1.29, 1.82) is 0 Å². The standard InChI is InChI=1S/C20H10F9N3O3/c21-18(22,23)10-5-9(6-11(7-10)19(24,25)26)17(20(27,28)29)8-13(31-35-17)14-2-1-12(16(33)34)15-30-3-4-32(14)15/h1-8,31H,(H,33,34). The Labute approximate surface area is 188 Å². The van der Waals surface area contributed by atoms with E-state index in [4.69, 9.17) is 0 Å². The van der Waals surface area contributed by atoms with Gasteiger partial charge in [-0.15, -0.1) is 0 Å². The van der Waals surface area contributed by atoms with Crippen molar-refractivity contribution < 1.29 is 54.3 Å². The number of alkyl halides is 9. The maximum Gasteiger partial charge on any atom is 0.428 e. The Balaban J connectivity index is 1.96. The van der Waals surface area contributed by atoms with Crippen LogP contribution in [0.15, 0.2) is 48.8 Å². The largest absolute Gasteiger partial charge is 0.478 e. The Kier molecular flexibility index (Phi) is 5.31. The second kappa shape index (κ2) is 7.63. The SMILES string of the molecule is O=C(O)c1ccc(C2=CC(c3cc(C(F)(F)F)cc(C(F)(F)F)c3)(C(F)(F)F)ON2)n2ccnc12. The summed E-state index contributed by atoms with van der Waals surface area (Å²) < 4.78 is 123. The van der Waals surface area contributed by atoms with Gasteiger partial charge in [0.15, 0.2) is 5.65 Å². The van der Waals surface area contributed by atoms with Crippen LogP contribution in [-0.2, 0) is 22.8 Å². The van der Waals surface area contributed by atoms with Gasteiger partial charge in [0.25, 0.3) is 0 Å². The second-order valence-corrected chi connectivity index (χ2v) is 7.35. The normalized spacial score (nSPS) is 19.1. The summed E-state index contributed by atoms with van der Waals surface area (Å²) >= 11 is 0. The van der Waals surface area contributed by atoms with Gasteiger partial charge in [-0.2, -0.15) is 39.5 Å². The maximum absolute atomic E-state index is 14.2. The Hall–Kier alpha value is -3.75. The van der Waals surface area contributed by atoms with Crippen LogP contribution in [0, 0.1) is 0 Å². The first-order valence-electron chi connectivity index (χ1n) is 9.28. The molecule has 1 aliphatic heterocycles. The molecular weight excluding hydrogens is 501 g/mol. The van der Waals surface area contributed by atoms with Crippen LogP contribution in [0.3, 0.4) is 0 Å². The molecule has 0 bridgehead atoms. The molecule has 1 atom stereocenters. The number of imidazole rings is 1. The lowest BCUT2D eigenvalue weighted by Crippen LogP contribution is -2.43. The molecule has 3 aromatic rings. The van der Waals surface area contributed by atoms with Crippen LogP contribution < -0.4 is 5.48 Å². The van der Waals surface area contributed by atoms with E-state index in [1.807, 2.05) is 5.48 Å². The summed E-state index contributed by atoms with van der Waals surface area (Å²) in [6.07, 6.45) is -13.7. The minimum absolute atomic E-state index is 0.0792. The highest BCUT2D eigenvalue weighted by Crippen LogP contribution is 2.49. The van der Waals surface area contributed by atoms with Gasteiger partial charge in [-0.1, -0.05) is 0 Å². The molecule has 186 valence electrons. The predicted molar refractivity (Wildman–Crippen MR) is 98.5 cm³/mol. The molecule has 0 aliphatic carbocycles. The fraction of sp³-hybridized carbons (Fsp3) is 0.200. The highest BCUT2D eigenvalue weighted by molar-refractivity contribution is 5.94. The molecule has 3 heterocycles. The predicted octanol–water partition coefficient (Wildman–Crippen LogP) is 5.40. The minimum atomic E-state index is -5.52. The third kappa shape index (κ3) is 4.05. The summed E-state index contributed by atoms with van der Waals surface area (Å²) in [7, 11) is 0. The molecule has 1 aliphatic rings. The van der Waals surface area contributed by atoms with Crippen LogP contribution in [-0.4, -0.2) is 26.6 Å². The van der Waals surface area contributed by atoms with Crippen molar-refractivity contribution in [3.05, 3.63) is 76.7 Å². The van der Waals surface area contributed by atoms with E-state index in [2.05, 4.69) is 9.82 Å². The van der Waals surface area contributed by atoms with Gasteiger partial charge in [0.05, 0.1) is 22.5 Å². The van der Waals surface area contributed by atoms with Crippen molar-refractivity contribution in [2.45, 2.75) is 24.1 Å². The molecule has 2 aromatic heterocycles. The fourth-order valence-electron chi connectivity index (χ4n) is 3.54. The monoisotopic (exact) mass is 511 g/mol. The van der Waals surface area contributed by atoms with Gasteiger partial charge < -0.3 is 5.11 Å². The highest BCUT2D eigenvalue weighted by atomic mass is 19.4. The molecule has 35 heavy (non-hydrogen) atoms. The number of benzene rings is 1. The first kappa shape index (κ1) is 24.4. The number of halogens is 9. The van der Waals surface area contributed by atoms with Crippen molar-refractivity contribution >= 4 is 17.3 Å². The van der Waals surface area contributed by atoms with E-state index >= 15 is 0 Å². The minimum Gasteiger partial charge on any atom is -0.478 e. The van der Waals surface area contributed by atoms with Gasteiger partial charge >= 0.3 is 24.5 Å². The smallest absolute Gasteiger partial charge is 0.428 e. The van der Waals surface area contributed by atoms with Crippen LogP contribution in [0.5, 0.6) is 0 Å². The molecular formula is C20H10F9N3O3. The molecule has 0 spiro atoms. The van der Waals surface area contributed by atoms with E-state index in [9.17, 15) is 49.4 Å². The van der Waals surface area contributed by atoms with Gasteiger partial charge in [0.1, 0.15) is 5.56 Å². The molecule has 4 rings (SSSR count). The van der Waals surface area contributed by atoms with Crippen molar-refractivity contribution in [3.8, 4) is 0 Å². The molecule has 15 heteroatoms. The van der Waals surface area contributed by atoms with Crippen molar-refractivity contribution in [1.82, 2.24) is 14.9 Å². The third-order valence-corrected chi connectivity index (χ3v) is 5.16. The van der Waals surface area contributed by atoms with Crippen molar-refractivity contribution in [2.75, 3.05) is 0 Å². The van der Waals surface area contributed by atoms with E-state index in [0.717, 1.165) is 22.7 Å². The summed E-state index contributed by atoms with van der Waals surface area (Å²) in [5, 5.41) is 9.24. The number of rotatable bonds is 3. The van der Waals surface area contributed by atoms with Gasteiger partial charge in [-0.05, 0) is 36.4 Å². The summed E-state index contributed by atoms with van der Waals surface area (Å²) in [6, 6.07) is 1.62. The van der Waals surface area contributed by atoms with E-state index in [-0.39, 0.29) is 41.2 Å². The van der Waals surface area contributed by atoms with Crippen LogP contribution >= 0.6 is 0 Å². The molecule has 0 fully saturated rings. The van der Waals surface area contributed by atoms with Crippen LogP contribution in [0.25, 0.3) is 11.3 Å². The van der Waals surface area contributed by atoms with E-state index < -0.39 is 52.5 Å². The molecule has 0 radical (unpaired) electrons. The zero-order chi connectivity index (χ0) is 26.0. The highest BCUT2D eigenvalue weighted by Gasteiger charge is 2.60. The van der Waals surface area contributed by atoms with E-state index in [0.29, 0.717) is 0 Å². The summed E-state index contributed by atoms with van der Waals surface area (Å²) in [4.78, 5) is 19.8. The van der Waals surface area contributed by atoms with Gasteiger partial charge in [0.2, 0.25) is 5.60 Å². The molecule has 1 aromatic carbocycles. The number of hydrogen-bond donors (Lipinski definition) is 2. The summed E-state index contributed by atoms with van der Waals surface area (Å²) in [6.45, 7) is 0. The number of pyridine rings is 1. The Morgan fingerprint density at radius 3 is 2.09 bits per heavy atom. The average molecular weight is 511 g/mol. The Morgan fingerprint density at radius 1 is 0.971 bits per heavy atom. The zero-order valence-electron chi connectivity index (χ0n) is 16.7. The fourth-order valence-corrected chi connectivity index (χ4v) is 3.54. The zero-order valence-corrected chi connectivity index (χ0v) is 16.7. The Bertz CT molecular complexity index is 1320. The lowest BCUT2D eigenvalue weighted by atomic mass is 9.89. The summed E-state index contributed by atoms with van der Waals surface area (Å²) in [5.41, 5.74) is -8.40. The third-order valence-electron chi connectivity index (χ3n) is 5.16. The number of hydrogen-bond acceptors (Lipinski definition) is 4. The van der Waals surface area contributed by atoms with Crippen LogP contribution in [0.4, 0.5) is 39.5 Å². The van der Waals surface area contributed by atoms with E-state index in [1.165, 1.54) is 6.20 Å². The number of hydroxylamine groups is 1. The second-order valence-electron chi connectivity index (χ2n) is 7.35. The number of aromatic carboxylic acids is 1. The van der Waals surface area contributed by atoms with Crippen LogP contribution in [0.2, 0.25) is 0 Å². The number of fused-ring (bicyclic) bond motifs is 1. The first-order valence-corrected chi connectivity index (χ1v) is 9.28. The van der Waals surface area contributed by atoms with Crippen LogP contribution in [0.1, 0.15) is 32.7 Å². The number of aromatic nitrogens is 2. The number of nitrogens with one attached hydrogen (secondary N) is 1. The van der Waals surface area contributed by atoms with Gasteiger partial charge in [-0.25, -0.2) is 9.78 Å². The molecule has 0 saturated heterocycles. The molecule has 1 unspecified atom stereocenters. The van der Waals surface area contributed by atoms with Gasteiger partial charge in [0, 0.05) is 18.0 Å². The lowest BCUT2D eigenvalue weighted by Gasteiger charge is -2.29. The van der Waals surface area contributed by atoms with Gasteiger partial charge in [-0.3, -0.25) is 14.7 Å². The maximum atomic E-state index is 14.2.